The SMILES string of the molecule is C[C@@H]1[C@H](O)C/C(=C/C=C2\CCC[C@]3(C)[C@@H]([C@H](C)CCCC(C)(C)O)CC[C@@H]23)C[C@H]1O[Si](c1ccccc1)(c1ccccc1)C(C)(C)C. The van der Waals surface area contributed by atoms with Gasteiger partial charge in [-0.1, -0.05) is 138 Å². The molecule has 0 amide bonds. The molecule has 0 bridgehead atoms. The summed E-state index contributed by atoms with van der Waals surface area (Å²) in [5.41, 5.74) is 2.76. The van der Waals surface area contributed by atoms with E-state index in [4.69, 9.17) is 4.43 Å². The first-order chi connectivity index (χ1) is 22.2. The maximum Gasteiger partial charge on any atom is 0.261 e. The molecule has 7 atom stereocenters. The minimum Gasteiger partial charge on any atom is -0.404 e. The van der Waals surface area contributed by atoms with E-state index < -0.39 is 20.0 Å². The summed E-state index contributed by atoms with van der Waals surface area (Å²) >= 11 is 0. The van der Waals surface area contributed by atoms with Crippen LogP contribution in [0.1, 0.15) is 120 Å². The van der Waals surface area contributed by atoms with E-state index in [0.29, 0.717) is 17.3 Å². The number of hydrogen-bond donors (Lipinski definition) is 2. The van der Waals surface area contributed by atoms with E-state index >= 15 is 0 Å². The molecule has 3 aliphatic rings. The van der Waals surface area contributed by atoms with E-state index in [0.717, 1.165) is 31.6 Å². The fourth-order valence-corrected chi connectivity index (χ4v) is 14.7. The maximum absolute atomic E-state index is 11.5. The first-order valence-electron chi connectivity index (χ1n) is 18.7. The van der Waals surface area contributed by atoms with Crippen molar-refractivity contribution in [3.05, 3.63) is 84.0 Å². The Labute approximate surface area is 288 Å². The molecule has 0 aromatic heterocycles. The molecule has 0 aliphatic heterocycles. The van der Waals surface area contributed by atoms with Crippen molar-refractivity contribution in [3.8, 4) is 0 Å². The summed E-state index contributed by atoms with van der Waals surface area (Å²) in [7, 11) is -2.73. The van der Waals surface area contributed by atoms with Crippen LogP contribution in [0, 0.1) is 29.1 Å². The quantitative estimate of drug-likeness (QED) is 0.251. The van der Waals surface area contributed by atoms with Gasteiger partial charge in [0, 0.05) is 5.92 Å². The molecule has 0 saturated heterocycles. The zero-order valence-electron chi connectivity index (χ0n) is 30.8. The zero-order chi connectivity index (χ0) is 34.0. The molecule has 5 rings (SSSR count). The Bertz CT molecular complexity index is 1330. The summed E-state index contributed by atoms with van der Waals surface area (Å²) in [4.78, 5) is 0. The van der Waals surface area contributed by atoms with Crippen LogP contribution in [0.4, 0.5) is 0 Å². The van der Waals surface area contributed by atoms with Crippen LogP contribution in [0.2, 0.25) is 5.04 Å². The molecule has 2 aromatic rings. The lowest BCUT2D eigenvalue weighted by Crippen LogP contribution is -2.68. The Morgan fingerprint density at radius 1 is 0.936 bits per heavy atom. The van der Waals surface area contributed by atoms with Gasteiger partial charge in [0.05, 0.1) is 17.8 Å². The molecule has 0 unspecified atom stereocenters. The van der Waals surface area contributed by atoms with Gasteiger partial charge in [-0.3, -0.25) is 0 Å². The predicted molar refractivity (Wildman–Crippen MR) is 201 cm³/mol. The van der Waals surface area contributed by atoms with Crippen molar-refractivity contribution in [3.63, 3.8) is 0 Å². The topological polar surface area (TPSA) is 49.7 Å². The van der Waals surface area contributed by atoms with Crippen LogP contribution in [0.5, 0.6) is 0 Å². The molecular formula is C43H64O3Si. The van der Waals surface area contributed by atoms with Crippen molar-refractivity contribution in [2.24, 2.45) is 29.1 Å². The molecule has 2 N–H and O–H groups in total. The van der Waals surface area contributed by atoms with E-state index in [-0.39, 0.29) is 17.1 Å². The highest BCUT2D eigenvalue weighted by molar-refractivity contribution is 6.99. The Balaban J connectivity index is 1.39. The fourth-order valence-electron chi connectivity index (χ4n) is 9.93. The van der Waals surface area contributed by atoms with Crippen molar-refractivity contribution in [2.45, 2.75) is 142 Å². The molecule has 0 radical (unpaired) electrons. The van der Waals surface area contributed by atoms with Crippen LogP contribution in [-0.2, 0) is 4.43 Å². The van der Waals surface area contributed by atoms with Crippen molar-refractivity contribution >= 4 is 18.7 Å². The summed E-state index contributed by atoms with van der Waals surface area (Å²) < 4.78 is 7.60. The Morgan fingerprint density at radius 2 is 1.55 bits per heavy atom. The summed E-state index contributed by atoms with van der Waals surface area (Å²) in [6.45, 7) is 18.1. The molecule has 258 valence electrons. The first kappa shape index (κ1) is 36.3. The second-order valence-corrected chi connectivity index (χ2v) is 21.8. The average molecular weight is 657 g/mol. The number of hydrogen-bond acceptors (Lipinski definition) is 3. The Hall–Kier alpha value is -1.98. The minimum absolute atomic E-state index is 0.0491. The molecule has 2 aromatic carbocycles. The third kappa shape index (κ3) is 7.77. The standard InChI is InChI=1S/C43H64O3Si/c1-31(17-15-27-42(6,7)45)37-25-26-38-34(18-16-28-43(37,38)8)24-23-33-29-39(44)32(2)40(30-33)46-47(41(3,4)5,35-19-11-9-12-20-35)36-21-13-10-14-22-36/h9-14,19-24,31-32,37-40,44-45H,15-18,25-30H2,1-8H3/b33-23-,34-24+/t31-,32-,37-,38+,39-,40-,43-/m1/s1. The molecule has 3 saturated carbocycles. The van der Waals surface area contributed by atoms with Crippen molar-refractivity contribution < 1.29 is 14.6 Å². The highest BCUT2D eigenvalue weighted by Gasteiger charge is 2.53. The molecule has 0 spiro atoms. The van der Waals surface area contributed by atoms with E-state index in [9.17, 15) is 10.2 Å². The fraction of sp³-hybridized carbons (Fsp3) is 0.628. The van der Waals surface area contributed by atoms with Crippen LogP contribution in [0.15, 0.2) is 84.0 Å². The smallest absolute Gasteiger partial charge is 0.261 e. The maximum atomic E-state index is 11.5. The Kier molecular flexibility index (Phi) is 11.2. The molecule has 47 heavy (non-hydrogen) atoms. The van der Waals surface area contributed by atoms with Crippen LogP contribution < -0.4 is 10.4 Å². The van der Waals surface area contributed by atoms with Gasteiger partial charge in [0.2, 0.25) is 0 Å². The lowest BCUT2D eigenvalue weighted by atomic mass is 9.60. The Morgan fingerprint density at radius 3 is 2.13 bits per heavy atom. The first-order valence-corrected chi connectivity index (χ1v) is 20.6. The monoisotopic (exact) mass is 656 g/mol. The van der Waals surface area contributed by atoms with Crippen molar-refractivity contribution in [1.82, 2.24) is 0 Å². The lowest BCUT2D eigenvalue weighted by Gasteiger charge is -2.48. The molecule has 3 aliphatic carbocycles. The molecule has 3 fully saturated rings. The average Bonchev–Trinajstić information content (AvgIpc) is 3.38. The van der Waals surface area contributed by atoms with Gasteiger partial charge in [-0.25, -0.2) is 0 Å². The molecule has 4 heteroatoms. The predicted octanol–water partition coefficient (Wildman–Crippen LogP) is 9.37. The van der Waals surface area contributed by atoms with Gasteiger partial charge in [-0.15, -0.1) is 0 Å². The third-order valence-electron chi connectivity index (χ3n) is 12.6. The second kappa shape index (κ2) is 14.5. The number of aliphatic hydroxyl groups excluding tert-OH is 1. The van der Waals surface area contributed by atoms with Gasteiger partial charge >= 0.3 is 0 Å². The summed E-state index contributed by atoms with van der Waals surface area (Å²) in [5, 5.41) is 24.2. The van der Waals surface area contributed by atoms with E-state index in [1.807, 2.05) is 13.8 Å². The minimum atomic E-state index is -2.73. The van der Waals surface area contributed by atoms with Crippen LogP contribution in [-0.4, -0.2) is 36.3 Å². The largest absolute Gasteiger partial charge is 0.404 e. The summed E-state index contributed by atoms with van der Waals surface area (Å²) in [6, 6.07) is 21.8. The van der Waals surface area contributed by atoms with Gasteiger partial charge in [-0.2, -0.15) is 0 Å². The summed E-state index contributed by atoms with van der Waals surface area (Å²) in [5.74, 6) is 2.17. The van der Waals surface area contributed by atoms with Gasteiger partial charge in [0.15, 0.2) is 0 Å². The number of rotatable bonds is 10. The number of allylic oxidation sites excluding steroid dienone is 3. The highest BCUT2D eigenvalue weighted by atomic mass is 28.4. The van der Waals surface area contributed by atoms with Crippen LogP contribution >= 0.6 is 0 Å². The lowest BCUT2D eigenvalue weighted by molar-refractivity contribution is 0.0122. The molecule has 0 heterocycles. The van der Waals surface area contributed by atoms with Crippen LogP contribution in [0.3, 0.4) is 0 Å². The number of benzene rings is 2. The van der Waals surface area contributed by atoms with Gasteiger partial charge in [-0.05, 0) is 104 Å². The van der Waals surface area contributed by atoms with Gasteiger partial charge < -0.3 is 14.6 Å². The van der Waals surface area contributed by atoms with Gasteiger partial charge in [0.25, 0.3) is 8.32 Å². The normalized spacial score (nSPS) is 31.2. The van der Waals surface area contributed by atoms with E-state index in [1.54, 1.807) is 5.57 Å². The van der Waals surface area contributed by atoms with Crippen LogP contribution in [0.25, 0.3) is 0 Å². The third-order valence-corrected chi connectivity index (χ3v) is 17.6. The van der Waals surface area contributed by atoms with Crippen molar-refractivity contribution in [2.75, 3.05) is 0 Å². The zero-order valence-corrected chi connectivity index (χ0v) is 31.8. The van der Waals surface area contributed by atoms with Crippen molar-refractivity contribution in [1.29, 1.82) is 0 Å². The second-order valence-electron chi connectivity index (χ2n) is 17.5. The number of aliphatic hydroxyl groups is 2. The number of fused-ring (bicyclic) bond motifs is 1. The van der Waals surface area contributed by atoms with E-state index in [1.165, 1.54) is 54.5 Å². The molecular weight excluding hydrogens is 593 g/mol. The summed E-state index contributed by atoms with van der Waals surface area (Å²) in [6.07, 6.45) is 15.6. The molecule has 3 nitrogen and oxygen atoms in total. The van der Waals surface area contributed by atoms with Gasteiger partial charge in [0.1, 0.15) is 0 Å². The highest BCUT2D eigenvalue weighted by Crippen LogP contribution is 2.60. The van der Waals surface area contributed by atoms with E-state index in [2.05, 4.69) is 114 Å².